The molecule has 0 amide bonds. The molecule has 0 saturated carbocycles. The Kier molecular flexibility index (Phi) is 6.02. The number of hydrogen-bond donors (Lipinski definition) is 0. The van der Waals surface area contributed by atoms with Crippen molar-refractivity contribution < 1.29 is 14.2 Å². The van der Waals surface area contributed by atoms with Gasteiger partial charge in [-0.2, -0.15) is 0 Å². The van der Waals surface area contributed by atoms with Gasteiger partial charge in [-0.25, -0.2) is 0 Å². The lowest BCUT2D eigenvalue weighted by Gasteiger charge is -2.19. The summed E-state index contributed by atoms with van der Waals surface area (Å²) in [7, 11) is 1.60. The first-order chi connectivity index (χ1) is 13.2. The van der Waals surface area contributed by atoms with E-state index in [0.29, 0.717) is 30.5 Å². The van der Waals surface area contributed by atoms with Gasteiger partial charge in [-0.3, -0.25) is 0 Å². The van der Waals surface area contributed by atoms with Crippen molar-refractivity contribution in [3.05, 3.63) is 89.0 Å². The highest BCUT2D eigenvalue weighted by Crippen LogP contribution is 2.42. The van der Waals surface area contributed by atoms with Gasteiger partial charge in [0.15, 0.2) is 11.5 Å². The summed E-state index contributed by atoms with van der Waals surface area (Å²) in [6, 6.07) is 21.8. The summed E-state index contributed by atoms with van der Waals surface area (Å²) in [5.41, 5.74) is 3.71. The van der Waals surface area contributed by atoms with E-state index in [1.165, 1.54) is 0 Å². The molecule has 0 unspecified atom stereocenters. The molecule has 0 aliphatic heterocycles. The first kappa shape index (κ1) is 18.4. The topological polar surface area (TPSA) is 27.7 Å². The van der Waals surface area contributed by atoms with Gasteiger partial charge in [0, 0.05) is 17.2 Å². The Morgan fingerprint density at radius 2 is 1.33 bits per heavy atom. The second-order valence-corrected chi connectivity index (χ2v) is 6.10. The maximum absolute atomic E-state index is 6.13. The Labute approximate surface area is 160 Å². The molecular weight excluding hydrogens is 336 g/mol. The van der Waals surface area contributed by atoms with E-state index in [2.05, 4.69) is 5.92 Å². The number of hydrogen-bond acceptors (Lipinski definition) is 3. The van der Waals surface area contributed by atoms with E-state index in [0.717, 1.165) is 22.3 Å². The van der Waals surface area contributed by atoms with Crippen LogP contribution in [0, 0.1) is 19.3 Å². The van der Waals surface area contributed by atoms with E-state index in [4.69, 9.17) is 20.6 Å². The number of ether oxygens (including phenoxy) is 3. The van der Waals surface area contributed by atoms with Crippen LogP contribution in [0.1, 0.15) is 22.3 Å². The normalized spacial score (nSPS) is 10.1. The third kappa shape index (κ3) is 4.43. The molecule has 0 saturated heterocycles. The summed E-state index contributed by atoms with van der Waals surface area (Å²) in [5.74, 6) is 4.43. The molecule has 27 heavy (non-hydrogen) atoms. The Hall–Kier alpha value is -3.38. The summed E-state index contributed by atoms with van der Waals surface area (Å²) in [5, 5.41) is 0. The summed E-state index contributed by atoms with van der Waals surface area (Å²) >= 11 is 0. The zero-order valence-corrected chi connectivity index (χ0v) is 15.6. The van der Waals surface area contributed by atoms with Crippen LogP contribution in [-0.2, 0) is 13.2 Å². The maximum atomic E-state index is 6.13. The quantitative estimate of drug-likeness (QED) is 0.547. The SMILES string of the molecule is C#Cc1cc(OC)c(OCc2ccccc2)c(OCc2ccccc2)c1C. The van der Waals surface area contributed by atoms with Crippen LogP contribution in [0.3, 0.4) is 0 Å². The van der Waals surface area contributed by atoms with Gasteiger partial charge in [0.1, 0.15) is 13.2 Å². The zero-order chi connectivity index (χ0) is 19.1. The molecule has 3 rings (SSSR count). The fourth-order valence-electron chi connectivity index (χ4n) is 2.78. The molecule has 0 N–H and O–H groups in total. The van der Waals surface area contributed by atoms with E-state index in [1.807, 2.05) is 73.7 Å². The molecule has 0 bridgehead atoms. The van der Waals surface area contributed by atoms with Crippen LogP contribution in [0.4, 0.5) is 0 Å². The molecule has 0 aliphatic rings. The summed E-state index contributed by atoms with van der Waals surface area (Å²) < 4.78 is 17.7. The molecule has 136 valence electrons. The second kappa shape index (κ2) is 8.82. The van der Waals surface area contributed by atoms with Crippen LogP contribution in [0.5, 0.6) is 17.2 Å². The van der Waals surface area contributed by atoms with Crippen LogP contribution in [0.2, 0.25) is 0 Å². The van der Waals surface area contributed by atoms with E-state index < -0.39 is 0 Å². The van der Waals surface area contributed by atoms with Crippen molar-refractivity contribution in [1.82, 2.24) is 0 Å². The van der Waals surface area contributed by atoms with Crippen LogP contribution in [0.25, 0.3) is 0 Å². The molecule has 0 aromatic heterocycles. The molecule has 0 heterocycles. The average molecular weight is 358 g/mol. The summed E-state index contributed by atoms with van der Waals surface area (Å²) in [4.78, 5) is 0. The fraction of sp³-hybridized carbons (Fsp3) is 0.167. The van der Waals surface area contributed by atoms with Gasteiger partial charge < -0.3 is 14.2 Å². The minimum absolute atomic E-state index is 0.410. The molecule has 0 atom stereocenters. The maximum Gasteiger partial charge on any atom is 0.204 e. The van der Waals surface area contributed by atoms with Crippen LogP contribution in [-0.4, -0.2) is 7.11 Å². The smallest absolute Gasteiger partial charge is 0.204 e. The Morgan fingerprint density at radius 1 is 0.815 bits per heavy atom. The van der Waals surface area contributed by atoms with Gasteiger partial charge in [0.05, 0.1) is 7.11 Å². The highest BCUT2D eigenvalue weighted by atomic mass is 16.5. The average Bonchev–Trinajstić information content (AvgIpc) is 2.73. The molecule has 0 spiro atoms. The van der Waals surface area contributed by atoms with Gasteiger partial charge in [-0.1, -0.05) is 66.6 Å². The molecule has 0 fully saturated rings. The second-order valence-electron chi connectivity index (χ2n) is 6.10. The molecular formula is C24H22O3. The first-order valence-corrected chi connectivity index (χ1v) is 8.74. The van der Waals surface area contributed by atoms with Gasteiger partial charge in [-0.15, -0.1) is 6.42 Å². The van der Waals surface area contributed by atoms with Crippen molar-refractivity contribution in [2.45, 2.75) is 20.1 Å². The number of rotatable bonds is 7. The van der Waals surface area contributed by atoms with Gasteiger partial charge in [0.2, 0.25) is 5.75 Å². The Bertz CT molecular complexity index is 925. The third-order valence-corrected chi connectivity index (χ3v) is 4.28. The minimum atomic E-state index is 0.410. The Balaban J connectivity index is 1.93. The van der Waals surface area contributed by atoms with E-state index in [-0.39, 0.29) is 0 Å². The molecule has 0 aliphatic carbocycles. The largest absolute Gasteiger partial charge is 0.493 e. The highest BCUT2D eigenvalue weighted by molar-refractivity contribution is 5.62. The summed E-state index contributed by atoms with van der Waals surface area (Å²) in [6.07, 6.45) is 5.66. The molecule has 3 nitrogen and oxygen atoms in total. The van der Waals surface area contributed by atoms with Crippen molar-refractivity contribution >= 4 is 0 Å². The fourth-order valence-corrected chi connectivity index (χ4v) is 2.78. The molecule has 0 radical (unpaired) electrons. The monoisotopic (exact) mass is 358 g/mol. The zero-order valence-electron chi connectivity index (χ0n) is 15.6. The molecule has 3 aromatic carbocycles. The minimum Gasteiger partial charge on any atom is -0.493 e. The van der Waals surface area contributed by atoms with Crippen molar-refractivity contribution in [3.63, 3.8) is 0 Å². The first-order valence-electron chi connectivity index (χ1n) is 8.74. The lowest BCUT2D eigenvalue weighted by molar-refractivity contribution is 0.242. The molecule has 3 heteroatoms. The van der Waals surface area contributed by atoms with Gasteiger partial charge in [0.25, 0.3) is 0 Å². The van der Waals surface area contributed by atoms with Gasteiger partial charge >= 0.3 is 0 Å². The van der Waals surface area contributed by atoms with Crippen LogP contribution in [0.15, 0.2) is 66.7 Å². The van der Waals surface area contributed by atoms with Gasteiger partial charge in [-0.05, 0) is 18.1 Å². The number of benzene rings is 3. The number of methoxy groups -OCH3 is 1. The standard InChI is InChI=1S/C24H22O3/c1-4-21-15-22(25-3)24(27-17-20-13-9-6-10-14-20)23(18(21)2)26-16-19-11-7-5-8-12-19/h1,5-15H,16-17H2,2-3H3. The Morgan fingerprint density at radius 3 is 1.81 bits per heavy atom. The van der Waals surface area contributed by atoms with Crippen LogP contribution >= 0.6 is 0 Å². The predicted molar refractivity (Wildman–Crippen MR) is 107 cm³/mol. The van der Waals surface area contributed by atoms with Crippen molar-refractivity contribution in [2.75, 3.05) is 7.11 Å². The predicted octanol–water partition coefficient (Wildman–Crippen LogP) is 5.14. The molecule has 3 aromatic rings. The highest BCUT2D eigenvalue weighted by Gasteiger charge is 2.19. The van der Waals surface area contributed by atoms with Crippen LogP contribution < -0.4 is 14.2 Å². The lowest BCUT2D eigenvalue weighted by Crippen LogP contribution is -2.05. The summed E-state index contributed by atoms with van der Waals surface area (Å²) in [6.45, 7) is 2.76. The van der Waals surface area contributed by atoms with E-state index in [9.17, 15) is 0 Å². The lowest BCUT2D eigenvalue weighted by atomic mass is 10.1. The van der Waals surface area contributed by atoms with E-state index >= 15 is 0 Å². The third-order valence-electron chi connectivity index (χ3n) is 4.28. The van der Waals surface area contributed by atoms with Crippen molar-refractivity contribution in [2.24, 2.45) is 0 Å². The van der Waals surface area contributed by atoms with Crippen molar-refractivity contribution in [1.29, 1.82) is 0 Å². The van der Waals surface area contributed by atoms with E-state index in [1.54, 1.807) is 7.11 Å². The van der Waals surface area contributed by atoms with Crippen molar-refractivity contribution in [3.8, 4) is 29.6 Å². The number of terminal acetylenes is 1.